The number of ether oxygens (including phenoxy) is 1. The van der Waals surface area contributed by atoms with Gasteiger partial charge in [0.2, 0.25) is 0 Å². The van der Waals surface area contributed by atoms with Gasteiger partial charge < -0.3 is 10.1 Å². The summed E-state index contributed by atoms with van der Waals surface area (Å²) >= 11 is 5.99. The third-order valence-corrected chi connectivity index (χ3v) is 3.52. The first-order chi connectivity index (χ1) is 10.0. The van der Waals surface area contributed by atoms with Crippen molar-refractivity contribution in [2.24, 2.45) is 0 Å². The molecular formula is C18H22ClNO. The fourth-order valence-corrected chi connectivity index (χ4v) is 2.13. The van der Waals surface area contributed by atoms with Gasteiger partial charge in [0.05, 0.1) is 0 Å². The highest BCUT2D eigenvalue weighted by atomic mass is 35.5. The second-order valence-corrected chi connectivity index (χ2v) is 5.99. The molecular weight excluding hydrogens is 282 g/mol. The van der Waals surface area contributed by atoms with Crippen LogP contribution in [0.25, 0.3) is 0 Å². The van der Waals surface area contributed by atoms with Gasteiger partial charge in [-0.3, -0.25) is 0 Å². The zero-order chi connectivity index (χ0) is 15.2. The van der Waals surface area contributed by atoms with Crippen molar-refractivity contribution in [2.45, 2.75) is 40.0 Å². The highest BCUT2D eigenvalue weighted by Gasteiger charge is 2.02. The minimum atomic E-state index is 0.499. The lowest BCUT2D eigenvalue weighted by Crippen LogP contribution is -2.21. The average Bonchev–Trinajstić information content (AvgIpc) is 2.47. The van der Waals surface area contributed by atoms with Gasteiger partial charge in [-0.05, 0) is 35.7 Å². The van der Waals surface area contributed by atoms with E-state index >= 15 is 0 Å². The summed E-state index contributed by atoms with van der Waals surface area (Å²) in [7, 11) is 0. The molecule has 0 spiro atoms. The first-order valence-electron chi connectivity index (χ1n) is 7.25. The quantitative estimate of drug-likeness (QED) is 0.833. The van der Waals surface area contributed by atoms with Crippen LogP contribution in [0.5, 0.6) is 5.75 Å². The maximum atomic E-state index is 5.99. The third kappa shape index (κ3) is 5.07. The summed E-state index contributed by atoms with van der Waals surface area (Å²) in [6, 6.07) is 14.7. The molecule has 0 bridgehead atoms. The topological polar surface area (TPSA) is 21.3 Å². The molecule has 0 saturated carbocycles. The molecule has 0 aliphatic heterocycles. The van der Waals surface area contributed by atoms with Crippen LogP contribution in [0.4, 0.5) is 0 Å². The zero-order valence-electron chi connectivity index (χ0n) is 12.8. The lowest BCUT2D eigenvalue weighted by Gasteiger charge is -2.11. The van der Waals surface area contributed by atoms with Crippen molar-refractivity contribution in [2.75, 3.05) is 0 Å². The Kier molecular flexibility index (Phi) is 5.66. The summed E-state index contributed by atoms with van der Waals surface area (Å²) in [5, 5.41) is 4.11. The van der Waals surface area contributed by atoms with Crippen LogP contribution in [-0.4, -0.2) is 6.04 Å². The molecule has 0 aromatic heterocycles. The van der Waals surface area contributed by atoms with Gasteiger partial charge >= 0.3 is 0 Å². The van der Waals surface area contributed by atoms with Crippen LogP contribution in [-0.2, 0) is 13.2 Å². The summed E-state index contributed by atoms with van der Waals surface area (Å²) in [6.07, 6.45) is 0. The van der Waals surface area contributed by atoms with Crippen LogP contribution in [0, 0.1) is 6.92 Å². The molecule has 0 radical (unpaired) electrons. The predicted molar refractivity (Wildman–Crippen MR) is 88.9 cm³/mol. The molecule has 0 amide bonds. The predicted octanol–water partition coefficient (Wildman–Crippen LogP) is 4.73. The van der Waals surface area contributed by atoms with E-state index < -0.39 is 0 Å². The van der Waals surface area contributed by atoms with E-state index in [4.69, 9.17) is 16.3 Å². The summed E-state index contributed by atoms with van der Waals surface area (Å²) in [5.74, 6) is 0.841. The molecule has 112 valence electrons. The van der Waals surface area contributed by atoms with Crippen molar-refractivity contribution in [1.29, 1.82) is 0 Å². The lowest BCUT2D eigenvalue weighted by atomic mass is 10.1. The first-order valence-corrected chi connectivity index (χ1v) is 7.62. The Morgan fingerprint density at radius 3 is 2.38 bits per heavy atom. The molecule has 2 rings (SSSR count). The molecule has 3 heteroatoms. The molecule has 0 heterocycles. The van der Waals surface area contributed by atoms with Crippen LogP contribution in [0.3, 0.4) is 0 Å². The second kappa shape index (κ2) is 7.48. The van der Waals surface area contributed by atoms with E-state index in [-0.39, 0.29) is 0 Å². The van der Waals surface area contributed by atoms with Crippen molar-refractivity contribution < 1.29 is 4.74 Å². The molecule has 21 heavy (non-hydrogen) atoms. The average molecular weight is 304 g/mol. The van der Waals surface area contributed by atoms with Crippen LogP contribution >= 0.6 is 11.6 Å². The summed E-state index contributed by atoms with van der Waals surface area (Å²) in [4.78, 5) is 0. The van der Waals surface area contributed by atoms with Crippen molar-refractivity contribution >= 4 is 11.6 Å². The molecule has 2 aromatic carbocycles. The van der Waals surface area contributed by atoms with Gasteiger partial charge in [0, 0.05) is 17.6 Å². The number of halogens is 1. The van der Waals surface area contributed by atoms with E-state index in [2.05, 4.69) is 43.4 Å². The Morgan fingerprint density at radius 2 is 1.71 bits per heavy atom. The molecule has 0 atom stereocenters. The Morgan fingerprint density at radius 1 is 1.05 bits per heavy atom. The molecule has 1 N–H and O–H groups in total. The fraction of sp³-hybridized carbons (Fsp3) is 0.333. The van der Waals surface area contributed by atoms with E-state index in [1.165, 1.54) is 5.56 Å². The minimum absolute atomic E-state index is 0.499. The van der Waals surface area contributed by atoms with Crippen LogP contribution in [0.15, 0.2) is 42.5 Å². The number of rotatable bonds is 6. The summed E-state index contributed by atoms with van der Waals surface area (Å²) in [6.45, 7) is 7.77. The van der Waals surface area contributed by atoms with Crippen molar-refractivity contribution in [3.8, 4) is 5.75 Å². The minimum Gasteiger partial charge on any atom is -0.489 e. The maximum absolute atomic E-state index is 5.99. The molecule has 0 unspecified atom stereocenters. The summed E-state index contributed by atoms with van der Waals surface area (Å²) < 4.78 is 5.84. The maximum Gasteiger partial charge on any atom is 0.124 e. The highest BCUT2D eigenvalue weighted by Crippen LogP contribution is 2.23. The Hall–Kier alpha value is -1.51. The fourth-order valence-electron chi connectivity index (χ4n) is 1.97. The van der Waals surface area contributed by atoms with Crippen molar-refractivity contribution in [3.63, 3.8) is 0 Å². The van der Waals surface area contributed by atoms with Gasteiger partial charge in [0.25, 0.3) is 0 Å². The van der Waals surface area contributed by atoms with E-state index in [0.717, 1.165) is 23.4 Å². The smallest absolute Gasteiger partial charge is 0.124 e. The van der Waals surface area contributed by atoms with E-state index in [9.17, 15) is 0 Å². The Bertz CT molecular complexity index is 578. The number of nitrogens with one attached hydrogen (secondary N) is 1. The molecule has 0 saturated heterocycles. The third-order valence-electron chi connectivity index (χ3n) is 3.28. The van der Waals surface area contributed by atoms with Gasteiger partial charge in [-0.2, -0.15) is 0 Å². The van der Waals surface area contributed by atoms with E-state index in [0.29, 0.717) is 17.7 Å². The van der Waals surface area contributed by atoms with Crippen molar-refractivity contribution in [1.82, 2.24) is 5.32 Å². The van der Waals surface area contributed by atoms with Gasteiger partial charge in [-0.25, -0.2) is 0 Å². The van der Waals surface area contributed by atoms with Crippen LogP contribution in [0.2, 0.25) is 5.02 Å². The lowest BCUT2D eigenvalue weighted by molar-refractivity contribution is 0.304. The molecule has 0 fully saturated rings. The Balaban J connectivity index is 1.93. The van der Waals surface area contributed by atoms with Crippen molar-refractivity contribution in [3.05, 3.63) is 64.2 Å². The first kappa shape index (κ1) is 15.9. The van der Waals surface area contributed by atoms with Gasteiger partial charge in [-0.1, -0.05) is 55.8 Å². The number of aryl methyl sites for hydroxylation is 1. The highest BCUT2D eigenvalue weighted by molar-refractivity contribution is 6.30. The molecule has 0 aliphatic carbocycles. The largest absolute Gasteiger partial charge is 0.489 e. The normalized spacial score (nSPS) is 10.9. The SMILES string of the molecule is Cc1ccc(Cl)cc1OCc1ccc(CNC(C)C)cc1. The van der Waals surface area contributed by atoms with Gasteiger partial charge in [0.1, 0.15) is 12.4 Å². The molecule has 2 nitrogen and oxygen atoms in total. The Labute approximate surface area is 132 Å². The van der Waals surface area contributed by atoms with Gasteiger partial charge in [0.15, 0.2) is 0 Å². The van der Waals surface area contributed by atoms with Gasteiger partial charge in [-0.15, -0.1) is 0 Å². The number of benzene rings is 2. The van der Waals surface area contributed by atoms with E-state index in [1.54, 1.807) is 0 Å². The number of hydrogen-bond donors (Lipinski definition) is 1. The molecule has 2 aromatic rings. The number of hydrogen-bond acceptors (Lipinski definition) is 2. The molecule has 0 aliphatic rings. The van der Waals surface area contributed by atoms with Crippen LogP contribution < -0.4 is 10.1 Å². The zero-order valence-corrected chi connectivity index (χ0v) is 13.6. The summed E-state index contributed by atoms with van der Waals surface area (Å²) in [5.41, 5.74) is 3.53. The van der Waals surface area contributed by atoms with Crippen LogP contribution in [0.1, 0.15) is 30.5 Å². The standard InChI is InChI=1S/C18H22ClNO/c1-13(2)20-11-15-5-7-16(8-6-15)12-21-18-10-17(19)9-4-14(18)3/h4-10,13,20H,11-12H2,1-3H3. The van der Waals surface area contributed by atoms with E-state index in [1.807, 2.05) is 25.1 Å². The second-order valence-electron chi connectivity index (χ2n) is 5.55. The monoisotopic (exact) mass is 303 g/mol.